The van der Waals surface area contributed by atoms with Gasteiger partial charge in [-0.05, 0) is 67.3 Å². The second-order valence-electron chi connectivity index (χ2n) is 8.14. The van der Waals surface area contributed by atoms with Gasteiger partial charge in [0.1, 0.15) is 17.9 Å². The Morgan fingerprint density at radius 1 is 0.912 bits per heavy atom. The highest BCUT2D eigenvalue weighted by Crippen LogP contribution is 2.28. The predicted molar refractivity (Wildman–Crippen MR) is 132 cm³/mol. The van der Waals surface area contributed by atoms with Gasteiger partial charge in [-0.15, -0.1) is 0 Å². The van der Waals surface area contributed by atoms with Gasteiger partial charge in [0.15, 0.2) is 0 Å². The fourth-order valence-electron chi connectivity index (χ4n) is 3.55. The topological polar surface area (TPSA) is 75.7 Å². The maximum Gasteiger partial charge on any atom is 0.335 e. The van der Waals surface area contributed by atoms with Crippen molar-refractivity contribution in [3.8, 4) is 5.75 Å². The van der Waals surface area contributed by atoms with Crippen molar-refractivity contribution in [2.75, 3.05) is 4.90 Å². The lowest BCUT2D eigenvalue weighted by Gasteiger charge is -2.26. The van der Waals surface area contributed by atoms with Gasteiger partial charge >= 0.3 is 6.03 Å². The zero-order chi connectivity index (χ0) is 24.4. The van der Waals surface area contributed by atoms with Gasteiger partial charge in [0.2, 0.25) is 0 Å². The van der Waals surface area contributed by atoms with Crippen LogP contribution in [0.5, 0.6) is 5.75 Å². The lowest BCUT2D eigenvalue weighted by molar-refractivity contribution is -0.122. The summed E-state index contributed by atoms with van der Waals surface area (Å²) >= 11 is 6.18. The van der Waals surface area contributed by atoms with Crippen molar-refractivity contribution in [1.82, 2.24) is 5.32 Å². The number of nitrogens with zero attached hydrogens (tertiary/aromatic N) is 1. The normalized spacial score (nSPS) is 15.0. The lowest BCUT2D eigenvalue weighted by Crippen LogP contribution is -2.54. The molecule has 1 heterocycles. The van der Waals surface area contributed by atoms with E-state index in [4.69, 9.17) is 16.3 Å². The van der Waals surface area contributed by atoms with Crippen LogP contribution >= 0.6 is 11.6 Å². The summed E-state index contributed by atoms with van der Waals surface area (Å²) in [6.45, 7) is 6.23. The largest absolute Gasteiger partial charge is 0.488 e. The third kappa shape index (κ3) is 4.72. The first-order valence-electron chi connectivity index (χ1n) is 10.7. The van der Waals surface area contributed by atoms with Crippen molar-refractivity contribution >= 4 is 41.2 Å². The number of hydrogen-bond donors (Lipinski definition) is 1. The van der Waals surface area contributed by atoms with E-state index in [9.17, 15) is 14.4 Å². The van der Waals surface area contributed by atoms with E-state index in [1.54, 1.807) is 30.3 Å². The number of carbonyl (C=O) groups excluding carboxylic acids is 3. The van der Waals surface area contributed by atoms with E-state index in [0.29, 0.717) is 22.9 Å². The first-order chi connectivity index (χ1) is 16.2. The second-order valence-corrected chi connectivity index (χ2v) is 8.54. The molecule has 1 fully saturated rings. The monoisotopic (exact) mass is 474 g/mol. The zero-order valence-corrected chi connectivity index (χ0v) is 19.8. The van der Waals surface area contributed by atoms with E-state index in [0.717, 1.165) is 16.0 Å². The molecule has 34 heavy (non-hydrogen) atoms. The molecule has 4 amide bonds. The first-order valence-corrected chi connectivity index (χ1v) is 11.1. The number of nitrogens with one attached hydrogen (secondary N) is 1. The highest BCUT2D eigenvalue weighted by Gasteiger charge is 2.37. The number of hydrogen-bond acceptors (Lipinski definition) is 4. The molecule has 3 aromatic rings. The van der Waals surface area contributed by atoms with Crippen LogP contribution in [-0.4, -0.2) is 17.8 Å². The number of carbonyl (C=O) groups is 3. The van der Waals surface area contributed by atoms with Crippen LogP contribution in [0.1, 0.15) is 27.8 Å². The number of imide groups is 2. The molecule has 3 aromatic carbocycles. The Hall–Kier alpha value is -3.90. The van der Waals surface area contributed by atoms with Crippen molar-refractivity contribution < 1.29 is 19.1 Å². The van der Waals surface area contributed by atoms with E-state index in [-0.39, 0.29) is 11.3 Å². The minimum absolute atomic E-state index is 0.182. The summed E-state index contributed by atoms with van der Waals surface area (Å²) < 4.78 is 6.01. The third-order valence-corrected chi connectivity index (χ3v) is 6.11. The number of halogens is 1. The molecular formula is C27H23ClN2O4. The molecule has 0 spiro atoms. The SMILES string of the molecule is Cc1ccc(COc2ccccc2/C=C2\C(=O)NC(=O)N(c3ccc(C)c(Cl)c3)C2=O)cc1C. The first kappa shape index (κ1) is 23.3. The highest BCUT2D eigenvalue weighted by molar-refractivity contribution is 6.39. The summed E-state index contributed by atoms with van der Waals surface area (Å²) in [4.78, 5) is 39.1. The minimum Gasteiger partial charge on any atom is -0.488 e. The smallest absolute Gasteiger partial charge is 0.335 e. The van der Waals surface area contributed by atoms with Crippen molar-refractivity contribution in [3.05, 3.63) is 99.1 Å². The number of barbiturate groups is 1. The van der Waals surface area contributed by atoms with Crippen molar-refractivity contribution in [3.63, 3.8) is 0 Å². The van der Waals surface area contributed by atoms with Crippen LogP contribution in [-0.2, 0) is 16.2 Å². The summed E-state index contributed by atoms with van der Waals surface area (Å²) in [6, 6.07) is 17.2. The molecule has 4 rings (SSSR count). The molecule has 0 bridgehead atoms. The summed E-state index contributed by atoms with van der Waals surface area (Å²) in [5.74, 6) is -0.998. The van der Waals surface area contributed by atoms with E-state index >= 15 is 0 Å². The van der Waals surface area contributed by atoms with Gasteiger partial charge < -0.3 is 4.74 Å². The Kier molecular flexibility index (Phi) is 6.52. The molecule has 1 saturated heterocycles. The number of aryl methyl sites for hydroxylation is 3. The minimum atomic E-state index is -0.827. The van der Waals surface area contributed by atoms with Gasteiger partial charge in [-0.1, -0.05) is 54.1 Å². The molecule has 0 aromatic heterocycles. The van der Waals surface area contributed by atoms with Gasteiger partial charge in [-0.2, -0.15) is 0 Å². The Balaban J connectivity index is 1.64. The van der Waals surface area contributed by atoms with Crippen molar-refractivity contribution in [2.45, 2.75) is 27.4 Å². The molecule has 0 saturated carbocycles. The fourth-order valence-corrected chi connectivity index (χ4v) is 3.73. The number of benzene rings is 3. The quantitative estimate of drug-likeness (QED) is 0.390. The average molecular weight is 475 g/mol. The molecule has 1 aliphatic rings. The van der Waals surface area contributed by atoms with Gasteiger partial charge in [0.25, 0.3) is 11.8 Å². The van der Waals surface area contributed by atoms with Gasteiger partial charge in [-0.3, -0.25) is 14.9 Å². The molecule has 0 radical (unpaired) electrons. The molecule has 1 N–H and O–H groups in total. The molecule has 172 valence electrons. The maximum atomic E-state index is 13.2. The molecular weight excluding hydrogens is 452 g/mol. The van der Waals surface area contributed by atoms with Crippen LogP contribution in [0.2, 0.25) is 5.02 Å². The summed E-state index contributed by atoms with van der Waals surface area (Å²) in [7, 11) is 0. The van der Waals surface area contributed by atoms with Gasteiger partial charge in [-0.25, -0.2) is 9.69 Å². The van der Waals surface area contributed by atoms with Crippen LogP contribution in [0, 0.1) is 20.8 Å². The maximum absolute atomic E-state index is 13.2. The predicted octanol–water partition coefficient (Wildman–Crippen LogP) is 5.51. The average Bonchev–Trinajstić information content (AvgIpc) is 2.80. The summed E-state index contributed by atoms with van der Waals surface area (Å²) in [6.07, 6.45) is 1.43. The van der Waals surface area contributed by atoms with Gasteiger partial charge in [0.05, 0.1) is 5.69 Å². The van der Waals surface area contributed by atoms with E-state index < -0.39 is 17.8 Å². The highest BCUT2D eigenvalue weighted by atomic mass is 35.5. The number of para-hydroxylation sites is 1. The summed E-state index contributed by atoms with van der Waals surface area (Å²) in [5, 5.41) is 2.63. The Morgan fingerprint density at radius 2 is 1.65 bits per heavy atom. The van der Waals surface area contributed by atoms with Crippen LogP contribution in [0.25, 0.3) is 6.08 Å². The standard InChI is InChI=1S/C27H23ClN2O4/c1-16-8-10-19(12-18(16)3)15-34-24-7-5-4-6-20(24)13-22-25(31)29-27(33)30(26(22)32)21-11-9-17(2)23(28)14-21/h4-14H,15H2,1-3H3,(H,29,31,33)/b22-13+. The number of anilines is 1. The number of ether oxygens (including phenoxy) is 1. The summed E-state index contributed by atoms with van der Waals surface area (Å²) in [5.41, 5.74) is 4.81. The van der Waals surface area contributed by atoms with Crippen LogP contribution < -0.4 is 15.0 Å². The van der Waals surface area contributed by atoms with Crippen molar-refractivity contribution in [2.24, 2.45) is 0 Å². The van der Waals surface area contributed by atoms with Crippen molar-refractivity contribution in [1.29, 1.82) is 0 Å². The Labute approximate surface area is 202 Å². The lowest BCUT2D eigenvalue weighted by atomic mass is 10.1. The van der Waals surface area contributed by atoms with Crippen LogP contribution in [0.15, 0.2) is 66.2 Å². The van der Waals surface area contributed by atoms with E-state index in [2.05, 4.69) is 11.4 Å². The van der Waals surface area contributed by atoms with Crippen LogP contribution in [0.3, 0.4) is 0 Å². The molecule has 0 aliphatic carbocycles. The molecule has 1 aliphatic heterocycles. The number of rotatable bonds is 5. The molecule has 0 unspecified atom stereocenters. The van der Waals surface area contributed by atoms with Gasteiger partial charge in [0, 0.05) is 10.6 Å². The third-order valence-electron chi connectivity index (χ3n) is 5.70. The zero-order valence-electron chi connectivity index (χ0n) is 19.0. The molecule has 7 heteroatoms. The Morgan fingerprint density at radius 3 is 2.38 bits per heavy atom. The van der Waals surface area contributed by atoms with Crippen LogP contribution in [0.4, 0.5) is 10.5 Å². The molecule has 0 atom stereocenters. The fraction of sp³-hybridized carbons (Fsp3) is 0.148. The second kappa shape index (κ2) is 9.53. The van der Waals surface area contributed by atoms with E-state index in [1.165, 1.54) is 23.3 Å². The number of amides is 4. The van der Waals surface area contributed by atoms with E-state index in [1.807, 2.05) is 39.0 Å². The Bertz CT molecular complexity index is 1350. The molecule has 6 nitrogen and oxygen atoms in total. The number of urea groups is 1.